The maximum absolute atomic E-state index is 5.98. The van der Waals surface area contributed by atoms with Gasteiger partial charge in [0.05, 0.1) is 0 Å². The molecule has 0 aliphatic heterocycles. The van der Waals surface area contributed by atoms with Gasteiger partial charge in [0, 0.05) is 12.7 Å². The SMILES string of the molecule is CCOCc1nc(Cl)cc(Oc2ccccc2CC)n1. The Kier molecular flexibility index (Phi) is 5.32. The van der Waals surface area contributed by atoms with Crippen molar-refractivity contribution < 1.29 is 9.47 Å². The number of benzene rings is 1. The van der Waals surface area contributed by atoms with Crippen LogP contribution in [-0.2, 0) is 17.8 Å². The van der Waals surface area contributed by atoms with Crippen LogP contribution in [0.4, 0.5) is 0 Å². The summed E-state index contributed by atoms with van der Waals surface area (Å²) in [5.41, 5.74) is 1.12. The molecule has 2 aromatic rings. The van der Waals surface area contributed by atoms with Crippen molar-refractivity contribution in [2.75, 3.05) is 6.61 Å². The molecular weight excluding hydrogens is 276 g/mol. The van der Waals surface area contributed by atoms with E-state index in [1.807, 2.05) is 31.2 Å². The molecule has 1 aromatic heterocycles. The maximum Gasteiger partial charge on any atom is 0.224 e. The smallest absolute Gasteiger partial charge is 0.224 e. The largest absolute Gasteiger partial charge is 0.439 e. The lowest BCUT2D eigenvalue weighted by Crippen LogP contribution is -2.01. The summed E-state index contributed by atoms with van der Waals surface area (Å²) in [5.74, 6) is 1.73. The van der Waals surface area contributed by atoms with Gasteiger partial charge >= 0.3 is 0 Å². The van der Waals surface area contributed by atoms with Crippen LogP contribution >= 0.6 is 11.6 Å². The summed E-state index contributed by atoms with van der Waals surface area (Å²) in [6.07, 6.45) is 0.890. The number of rotatable bonds is 6. The van der Waals surface area contributed by atoms with Crippen molar-refractivity contribution in [1.82, 2.24) is 9.97 Å². The lowest BCUT2D eigenvalue weighted by molar-refractivity contribution is 0.128. The van der Waals surface area contributed by atoms with Gasteiger partial charge in [-0.2, -0.15) is 4.98 Å². The highest BCUT2D eigenvalue weighted by Gasteiger charge is 2.08. The molecule has 1 aromatic carbocycles. The number of para-hydroxylation sites is 1. The van der Waals surface area contributed by atoms with E-state index in [1.54, 1.807) is 6.07 Å². The van der Waals surface area contributed by atoms with Crippen LogP contribution in [-0.4, -0.2) is 16.6 Å². The molecule has 20 heavy (non-hydrogen) atoms. The summed E-state index contributed by atoms with van der Waals surface area (Å²) in [7, 11) is 0. The summed E-state index contributed by atoms with van der Waals surface area (Å²) in [4.78, 5) is 8.40. The van der Waals surface area contributed by atoms with Gasteiger partial charge in [-0.1, -0.05) is 36.7 Å². The number of nitrogens with zero attached hydrogens (tertiary/aromatic N) is 2. The van der Waals surface area contributed by atoms with Crippen LogP contribution < -0.4 is 4.74 Å². The molecule has 0 unspecified atom stereocenters. The Morgan fingerprint density at radius 3 is 2.70 bits per heavy atom. The van der Waals surface area contributed by atoms with Gasteiger partial charge in [-0.3, -0.25) is 0 Å². The average molecular weight is 293 g/mol. The first-order valence-electron chi connectivity index (χ1n) is 6.60. The zero-order valence-corrected chi connectivity index (χ0v) is 12.4. The highest BCUT2D eigenvalue weighted by Crippen LogP contribution is 2.25. The molecule has 4 nitrogen and oxygen atoms in total. The molecule has 0 bridgehead atoms. The summed E-state index contributed by atoms with van der Waals surface area (Å²) in [6, 6.07) is 9.46. The van der Waals surface area contributed by atoms with Crippen LogP contribution in [0.5, 0.6) is 11.6 Å². The Hall–Kier alpha value is -1.65. The zero-order valence-electron chi connectivity index (χ0n) is 11.6. The molecule has 0 spiro atoms. The molecule has 0 radical (unpaired) electrons. The summed E-state index contributed by atoms with van der Waals surface area (Å²) in [5, 5.41) is 0.346. The lowest BCUT2D eigenvalue weighted by Gasteiger charge is -2.10. The molecule has 106 valence electrons. The number of hydrogen-bond acceptors (Lipinski definition) is 4. The first-order chi connectivity index (χ1) is 9.72. The second kappa shape index (κ2) is 7.22. The first-order valence-corrected chi connectivity index (χ1v) is 6.97. The monoisotopic (exact) mass is 292 g/mol. The van der Waals surface area contributed by atoms with Crippen molar-refractivity contribution in [2.45, 2.75) is 26.9 Å². The number of halogens is 1. The Morgan fingerprint density at radius 1 is 1.15 bits per heavy atom. The normalized spacial score (nSPS) is 10.6. The highest BCUT2D eigenvalue weighted by molar-refractivity contribution is 6.29. The standard InChI is InChI=1S/C15H17ClN2O2/c1-3-11-7-5-6-8-12(11)20-15-9-13(16)17-14(18-15)10-19-4-2/h5-9H,3-4,10H2,1-2H3. The fourth-order valence-corrected chi connectivity index (χ4v) is 1.95. The molecule has 5 heteroatoms. The van der Waals surface area contributed by atoms with E-state index in [0.717, 1.165) is 17.7 Å². The number of ether oxygens (including phenoxy) is 2. The summed E-state index contributed by atoms with van der Waals surface area (Å²) in [6.45, 7) is 4.92. The molecule has 0 amide bonds. The van der Waals surface area contributed by atoms with E-state index in [2.05, 4.69) is 16.9 Å². The van der Waals surface area contributed by atoms with E-state index in [9.17, 15) is 0 Å². The third-order valence-electron chi connectivity index (χ3n) is 2.72. The molecule has 0 saturated heterocycles. The van der Waals surface area contributed by atoms with Crippen molar-refractivity contribution in [3.05, 3.63) is 46.9 Å². The molecule has 0 aliphatic carbocycles. The number of aromatic nitrogens is 2. The van der Waals surface area contributed by atoms with E-state index >= 15 is 0 Å². The van der Waals surface area contributed by atoms with Crippen molar-refractivity contribution in [3.63, 3.8) is 0 Å². The van der Waals surface area contributed by atoms with E-state index in [0.29, 0.717) is 30.1 Å². The molecule has 0 N–H and O–H groups in total. The summed E-state index contributed by atoms with van der Waals surface area (Å²) < 4.78 is 11.1. The van der Waals surface area contributed by atoms with Gasteiger partial charge in [-0.05, 0) is 25.0 Å². The predicted molar refractivity (Wildman–Crippen MR) is 78.3 cm³/mol. The fourth-order valence-electron chi connectivity index (χ4n) is 1.76. The minimum atomic E-state index is 0.322. The fraction of sp³-hybridized carbons (Fsp3) is 0.333. The van der Waals surface area contributed by atoms with Gasteiger partial charge in [0.25, 0.3) is 0 Å². The summed E-state index contributed by atoms with van der Waals surface area (Å²) >= 11 is 5.98. The third-order valence-corrected chi connectivity index (χ3v) is 2.91. The van der Waals surface area contributed by atoms with E-state index in [1.165, 1.54) is 0 Å². The number of hydrogen-bond donors (Lipinski definition) is 0. The minimum absolute atomic E-state index is 0.322. The van der Waals surface area contributed by atoms with Gasteiger partial charge in [0.1, 0.15) is 17.5 Å². The second-order valence-electron chi connectivity index (χ2n) is 4.15. The van der Waals surface area contributed by atoms with Crippen molar-refractivity contribution in [1.29, 1.82) is 0 Å². The average Bonchev–Trinajstić information content (AvgIpc) is 2.45. The van der Waals surface area contributed by atoms with Gasteiger partial charge in [0.2, 0.25) is 5.88 Å². The van der Waals surface area contributed by atoms with Crippen LogP contribution in [0.15, 0.2) is 30.3 Å². The van der Waals surface area contributed by atoms with Crippen LogP contribution in [0, 0.1) is 0 Å². The number of aryl methyl sites for hydroxylation is 1. The van der Waals surface area contributed by atoms with Crippen molar-refractivity contribution >= 4 is 11.6 Å². The van der Waals surface area contributed by atoms with E-state index in [-0.39, 0.29) is 0 Å². The first kappa shape index (κ1) is 14.8. The van der Waals surface area contributed by atoms with Gasteiger partial charge in [-0.25, -0.2) is 4.98 Å². The van der Waals surface area contributed by atoms with Crippen LogP contribution in [0.1, 0.15) is 25.2 Å². The predicted octanol–water partition coefficient (Wildman–Crippen LogP) is 4.02. The lowest BCUT2D eigenvalue weighted by atomic mass is 10.1. The Bertz CT molecular complexity index is 576. The zero-order chi connectivity index (χ0) is 14.4. The Labute approximate surface area is 123 Å². The molecular formula is C15H17ClN2O2. The molecule has 0 atom stereocenters. The van der Waals surface area contributed by atoms with Crippen LogP contribution in [0.3, 0.4) is 0 Å². The second-order valence-corrected chi connectivity index (χ2v) is 4.53. The van der Waals surface area contributed by atoms with Gasteiger partial charge in [-0.15, -0.1) is 0 Å². The molecule has 0 saturated carbocycles. The van der Waals surface area contributed by atoms with E-state index < -0.39 is 0 Å². The highest BCUT2D eigenvalue weighted by atomic mass is 35.5. The maximum atomic E-state index is 5.98. The minimum Gasteiger partial charge on any atom is -0.439 e. The van der Waals surface area contributed by atoms with Crippen LogP contribution in [0.2, 0.25) is 5.15 Å². The van der Waals surface area contributed by atoms with Gasteiger partial charge < -0.3 is 9.47 Å². The molecule has 0 fully saturated rings. The third kappa shape index (κ3) is 3.92. The van der Waals surface area contributed by atoms with Crippen molar-refractivity contribution in [3.8, 4) is 11.6 Å². The van der Waals surface area contributed by atoms with Gasteiger partial charge in [0.15, 0.2) is 5.82 Å². The Balaban J connectivity index is 2.22. The Morgan fingerprint density at radius 2 is 1.95 bits per heavy atom. The topological polar surface area (TPSA) is 44.2 Å². The van der Waals surface area contributed by atoms with E-state index in [4.69, 9.17) is 21.1 Å². The molecule has 1 heterocycles. The quantitative estimate of drug-likeness (QED) is 0.754. The molecule has 2 rings (SSSR count). The van der Waals surface area contributed by atoms with Crippen molar-refractivity contribution in [2.24, 2.45) is 0 Å². The van der Waals surface area contributed by atoms with Crippen LogP contribution in [0.25, 0.3) is 0 Å². The molecule has 0 aliphatic rings.